The number of alkyl carbamates (subject to hydrolysis) is 2. The summed E-state index contributed by atoms with van der Waals surface area (Å²) in [5.41, 5.74) is 4.41. The number of carboxylic acid groups (broad SMARTS) is 2. The lowest BCUT2D eigenvalue weighted by atomic mass is 9.87. The van der Waals surface area contributed by atoms with E-state index in [0.717, 1.165) is 44.5 Å². The Labute approximate surface area is 277 Å². The standard InChI is InChI=1S/C38H36N2O8/c1-37(33(41)42,39-35(45)47-21-31-27-15-7-3-11-23(27)24-12-4-8-16-28(24)31)19-20-38(2,34(43)44)40-36(46)48-22-32-29-17-9-5-13-25(29)26-14-6-10-18-30(26)32/h3-18,31-32H,19-22H2,1-2H3,(H,39,45)(H,40,46)(H,41,42)(H,43,44)/t37-,38-/m0/s1. The van der Waals surface area contributed by atoms with Gasteiger partial charge in [-0.15, -0.1) is 0 Å². The minimum Gasteiger partial charge on any atom is -0.480 e. The number of hydrogen-bond donors (Lipinski definition) is 4. The first kappa shape index (κ1) is 32.3. The lowest BCUT2D eigenvalue weighted by Crippen LogP contribution is -2.57. The summed E-state index contributed by atoms with van der Waals surface area (Å²) < 4.78 is 11.1. The van der Waals surface area contributed by atoms with E-state index < -0.39 is 35.2 Å². The van der Waals surface area contributed by atoms with Gasteiger partial charge in [0.2, 0.25) is 0 Å². The van der Waals surface area contributed by atoms with E-state index in [1.807, 2.05) is 97.1 Å². The van der Waals surface area contributed by atoms with Gasteiger partial charge in [-0.3, -0.25) is 0 Å². The number of fused-ring (bicyclic) bond motifs is 6. The molecule has 0 radical (unpaired) electrons. The van der Waals surface area contributed by atoms with Crippen LogP contribution in [-0.4, -0.2) is 58.6 Å². The molecule has 4 N–H and O–H groups in total. The van der Waals surface area contributed by atoms with Gasteiger partial charge >= 0.3 is 24.1 Å². The number of rotatable bonds is 11. The first-order chi connectivity index (χ1) is 23.0. The zero-order valence-corrected chi connectivity index (χ0v) is 26.6. The summed E-state index contributed by atoms with van der Waals surface area (Å²) in [6, 6.07) is 31.3. The molecular weight excluding hydrogens is 612 g/mol. The number of carbonyl (C=O) groups excluding carboxylic acids is 2. The van der Waals surface area contributed by atoms with Crippen molar-refractivity contribution in [2.75, 3.05) is 13.2 Å². The van der Waals surface area contributed by atoms with Gasteiger partial charge in [-0.25, -0.2) is 19.2 Å². The summed E-state index contributed by atoms with van der Waals surface area (Å²) in [5, 5.41) is 25.0. The number of carbonyl (C=O) groups is 4. The molecule has 0 spiro atoms. The van der Waals surface area contributed by atoms with Crippen LogP contribution in [0.25, 0.3) is 22.3 Å². The fraction of sp³-hybridized carbons (Fsp3) is 0.263. The van der Waals surface area contributed by atoms with Crippen molar-refractivity contribution in [3.8, 4) is 22.3 Å². The molecule has 10 nitrogen and oxygen atoms in total. The van der Waals surface area contributed by atoms with Gasteiger partial charge < -0.3 is 30.3 Å². The van der Waals surface area contributed by atoms with Crippen molar-refractivity contribution < 1.29 is 38.9 Å². The number of hydrogen-bond acceptors (Lipinski definition) is 6. The van der Waals surface area contributed by atoms with Crippen LogP contribution >= 0.6 is 0 Å². The van der Waals surface area contributed by atoms with Gasteiger partial charge in [-0.05, 0) is 71.2 Å². The van der Waals surface area contributed by atoms with Crippen LogP contribution in [0.3, 0.4) is 0 Å². The molecule has 0 fully saturated rings. The average Bonchev–Trinajstić information content (AvgIpc) is 3.58. The summed E-state index contributed by atoms with van der Waals surface area (Å²) in [6.07, 6.45) is -2.58. The monoisotopic (exact) mass is 648 g/mol. The number of amides is 2. The van der Waals surface area contributed by atoms with Crippen molar-refractivity contribution in [1.82, 2.24) is 10.6 Å². The van der Waals surface area contributed by atoms with Crippen molar-refractivity contribution >= 4 is 24.1 Å². The molecule has 48 heavy (non-hydrogen) atoms. The van der Waals surface area contributed by atoms with E-state index in [2.05, 4.69) is 10.6 Å². The average molecular weight is 649 g/mol. The minimum absolute atomic E-state index is 0.0221. The van der Waals surface area contributed by atoms with E-state index in [1.165, 1.54) is 13.8 Å². The maximum absolute atomic E-state index is 13.0. The first-order valence-electron chi connectivity index (χ1n) is 15.7. The molecule has 0 aromatic heterocycles. The third-order valence-electron chi connectivity index (χ3n) is 9.51. The van der Waals surface area contributed by atoms with Crippen LogP contribution in [0, 0.1) is 0 Å². The molecule has 0 bridgehead atoms. The summed E-state index contributed by atoms with van der Waals surface area (Å²) in [4.78, 5) is 50.7. The molecule has 2 atom stereocenters. The van der Waals surface area contributed by atoms with Gasteiger partial charge in [0.05, 0.1) is 0 Å². The quantitative estimate of drug-likeness (QED) is 0.143. The van der Waals surface area contributed by atoms with Crippen LogP contribution in [0.15, 0.2) is 97.1 Å². The second-order valence-corrected chi connectivity index (χ2v) is 12.7. The zero-order valence-electron chi connectivity index (χ0n) is 26.6. The predicted molar refractivity (Wildman–Crippen MR) is 178 cm³/mol. The molecule has 0 unspecified atom stereocenters. The summed E-state index contributed by atoms with van der Waals surface area (Å²) in [5.74, 6) is -3.22. The van der Waals surface area contributed by atoms with Gasteiger partial charge in [0.15, 0.2) is 0 Å². The molecule has 10 heteroatoms. The van der Waals surface area contributed by atoms with Gasteiger partial charge in [-0.1, -0.05) is 97.1 Å². The smallest absolute Gasteiger partial charge is 0.408 e. The molecule has 246 valence electrons. The maximum atomic E-state index is 13.0. The Morgan fingerprint density at radius 3 is 1.08 bits per heavy atom. The number of benzene rings is 4. The minimum atomic E-state index is -1.90. The molecule has 2 amide bonds. The molecule has 4 aromatic rings. The summed E-state index contributed by atoms with van der Waals surface area (Å²) in [6.45, 7) is 2.50. The van der Waals surface area contributed by atoms with Crippen molar-refractivity contribution in [2.24, 2.45) is 0 Å². The van der Waals surface area contributed by atoms with E-state index in [4.69, 9.17) is 9.47 Å². The third-order valence-corrected chi connectivity index (χ3v) is 9.51. The van der Waals surface area contributed by atoms with Crippen LogP contribution in [0.2, 0.25) is 0 Å². The zero-order chi connectivity index (χ0) is 34.1. The highest BCUT2D eigenvalue weighted by molar-refractivity contribution is 5.86. The van der Waals surface area contributed by atoms with E-state index in [9.17, 15) is 29.4 Å². The highest BCUT2D eigenvalue weighted by atomic mass is 16.6. The molecule has 4 aromatic carbocycles. The second kappa shape index (κ2) is 12.9. The van der Waals surface area contributed by atoms with Crippen LogP contribution < -0.4 is 10.6 Å². The van der Waals surface area contributed by atoms with Gasteiger partial charge in [0, 0.05) is 11.8 Å². The van der Waals surface area contributed by atoms with E-state index in [-0.39, 0.29) is 37.9 Å². The highest BCUT2D eigenvalue weighted by Gasteiger charge is 2.43. The SMILES string of the molecule is C[C@@](CC[C@](C)(NC(=O)OCC1c2ccccc2-c2ccccc21)C(=O)O)(NC(=O)OCC1c2ccccc2-c2ccccc21)C(=O)O. The van der Waals surface area contributed by atoms with E-state index >= 15 is 0 Å². The topological polar surface area (TPSA) is 151 Å². The van der Waals surface area contributed by atoms with Crippen LogP contribution in [0.4, 0.5) is 9.59 Å². The van der Waals surface area contributed by atoms with Crippen molar-refractivity contribution in [3.05, 3.63) is 119 Å². The predicted octanol–water partition coefficient (Wildman–Crippen LogP) is 6.53. The van der Waals surface area contributed by atoms with Crippen LogP contribution in [0.5, 0.6) is 0 Å². The van der Waals surface area contributed by atoms with Crippen molar-refractivity contribution in [2.45, 2.75) is 49.6 Å². The van der Waals surface area contributed by atoms with E-state index in [1.54, 1.807) is 0 Å². The Kier molecular flexibility index (Phi) is 8.66. The Morgan fingerprint density at radius 2 is 0.812 bits per heavy atom. The number of carboxylic acids is 2. The van der Waals surface area contributed by atoms with Crippen molar-refractivity contribution in [3.63, 3.8) is 0 Å². The maximum Gasteiger partial charge on any atom is 0.408 e. The number of ether oxygens (including phenoxy) is 2. The summed E-state index contributed by atoms with van der Waals surface area (Å²) in [7, 11) is 0. The Morgan fingerprint density at radius 1 is 0.542 bits per heavy atom. The molecule has 2 aliphatic rings. The number of nitrogens with one attached hydrogen (secondary N) is 2. The fourth-order valence-corrected chi connectivity index (χ4v) is 6.67. The molecule has 0 aliphatic heterocycles. The lowest BCUT2D eigenvalue weighted by molar-refractivity contribution is -0.147. The van der Waals surface area contributed by atoms with Crippen molar-refractivity contribution in [1.29, 1.82) is 0 Å². The fourth-order valence-electron chi connectivity index (χ4n) is 6.67. The second-order valence-electron chi connectivity index (χ2n) is 12.7. The number of aliphatic carboxylic acids is 2. The largest absolute Gasteiger partial charge is 0.480 e. The lowest BCUT2D eigenvalue weighted by Gasteiger charge is -2.31. The van der Waals surface area contributed by atoms with Crippen LogP contribution in [0.1, 0.15) is 60.8 Å². The highest BCUT2D eigenvalue weighted by Crippen LogP contribution is 2.45. The third kappa shape index (κ3) is 6.09. The first-order valence-corrected chi connectivity index (χ1v) is 15.7. The Balaban J connectivity index is 1.07. The molecule has 6 rings (SSSR count). The van der Waals surface area contributed by atoms with Crippen LogP contribution in [-0.2, 0) is 19.1 Å². The molecule has 2 aliphatic carbocycles. The summed E-state index contributed by atoms with van der Waals surface area (Å²) >= 11 is 0. The Hall–Kier alpha value is -5.64. The van der Waals surface area contributed by atoms with Gasteiger partial charge in [0.25, 0.3) is 0 Å². The molecule has 0 saturated carbocycles. The van der Waals surface area contributed by atoms with E-state index in [0.29, 0.717) is 0 Å². The van der Waals surface area contributed by atoms with Gasteiger partial charge in [0.1, 0.15) is 24.3 Å². The molecular formula is C38H36N2O8. The van der Waals surface area contributed by atoms with Gasteiger partial charge in [-0.2, -0.15) is 0 Å². The molecule has 0 heterocycles. The normalized spacial score (nSPS) is 15.5. The molecule has 0 saturated heterocycles. The Bertz CT molecular complexity index is 1680.